The van der Waals surface area contributed by atoms with Crippen LogP contribution in [-0.4, -0.2) is 4.57 Å². The molecule has 52 heavy (non-hydrogen) atoms. The van der Waals surface area contributed by atoms with Crippen LogP contribution in [0.3, 0.4) is 0 Å². The summed E-state index contributed by atoms with van der Waals surface area (Å²) < 4.78 is 2.37. The van der Waals surface area contributed by atoms with Gasteiger partial charge < -0.3 is 9.47 Å². The Morgan fingerprint density at radius 1 is 0.288 bits per heavy atom. The molecule has 0 spiro atoms. The second-order valence-electron chi connectivity index (χ2n) is 13.4. The summed E-state index contributed by atoms with van der Waals surface area (Å²) >= 11 is 0. The monoisotopic (exact) mass is 662 g/mol. The van der Waals surface area contributed by atoms with E-state index in [2.05, 4.69) is 216 Å². The van der Waals surface area contributed by atoms with Crippen LogP contribution in [0.2, 0.25) is 0 Å². The van der Waals surface area contributed by atoms with E-state index in [0.717, 1.165) is 17.1 Å². The number of para-hydroxylation sites is 3. The number of benzene rings is 9. The fourth-order valence-electron chi connectivity index (χ4n) is 7.86. The van der Waals surface area contributed by atoms with Crippen molar-refractivity contribution in [3.05, 3.63) is 206 Å². The van der Waals surface area contributed by atoms with E-state index in [4.69, 9.17) is 0 Å². The Labute approximate surface area is 303 Å². The maximum Gasteiger partial charge on any atom is 0.0541 e. The van der Waals surface area contributed by atoms with E-state index in [1.165, 1.54) is 71.3 Å². The van der Waals surface area contributed by atoms with Gasteiger partial charge in [0, 0.05) is 33.5 Å². The summed E-state index contributed by atoms with van der Waals surface area (Å²) in [5, 5.41) is 7.53. The summed E-state index contributed by atoms with van der Waals surface area (Å²) in [6, 6.07) is 74.7. The van der Waals surface area contributed by atoms with Gasteiger partial charge in [0.1, 0.15) is 0 Å². The second-order valence-corrected chi connectivity index (χ2v) is 13.4. The van der Waals surface area contributed by atoms with Gasteiger partial charge >= 0.3 is 0 Å². The minimum atomic E-state index is 1.11. The van der Waals surface area contributed by atoms with E-state index >= 15 is 0 Å². The van der Waals surface area contributed by atoms with Crippen molar-refractivity contribution in [2.45, 2.75) is 0 Å². The molecule has 0 aliphatic rings. The lowest BCUT2D eigenvalue weighted by atomic mass is 9.97. The molecule has 2 nitrogen and oxygen atoms in total. The van der Waals surface area contributed by atoms with Gasteiger partial charge in [0.15, 0.2) is 0 Å². The minimum Gasteiger partial charge on any atom is -0.310 e. The first kappa shape index (κ1) is 30.0. The van der Waals surface area contributed by atoms with E-state index < -0.39 is 0 Å². The van der Waals surface area contributed by atoms with Gasteiger partial charge in [0.2, 0.25) is 0 Å². The first-order valence-electron chi connectivity index (χ1n) is 17.8. The first-order chi connectivity index (χ1) is 25.8. The third-order valence-corrected chi connectivity index (χ3v) is 10.3. The lowest BCUT2D eigenvalue weighted by molar-refractivity contribution is 1.18. The van der Waals surface area contributed by atoms with Crippen LogP contribution in [-0.2, 0) is 0 Å². The average Bonchev–Trinajstić information content (AvgIpc) is 3.55. The standard InChI is InChI=1S/C50H34N2/c1-3-17-41(18-4-1)51(44-29-27-36-26-25-35-13-7-8-22-45(35)47(36)34-44)43-21-12-16-39(32-43)37-14-11-15-38(31-37)40-28-30-50-48(33-40)46-23-9-10-24-49(46)52(50)42-19-5-2-6-20-42/h1-34H. The van der Waals surface area contributed by atoms with E-state index in [1.807, 2.05) is 0 Å². The molecule has 0 amide bonds. The zero-order chi connectivity index (χ0) is 34.4. The molecule has 0 bridgehead atoms. The summed E-state index contributed by atoms with van der Waals surface area (Å²) in [4.78, 5) is 2.37. The fourth-order valence-corrected chi connectivity index (χ4v) is 7.86. The van der Waals surface area contributed by atoms with Crippen LogP contribution in [0.25, 0.3) is 71.3 Å². The third kappa shape index (κ3) is 5.12. The van der Waals surface area contributed by atoms with Gasteiger partial charge in [-0.3, -0.25) is 0 Å². The van der Waals surface area contributed by atoms with Gasteiger partial charge in [0.25, 0.3) is 0 Å². The SMILES string of the molecule is c1ccc(N(c2cccc(-c3cccc(-c4ccc5c(c4)c4ccccc4n5-c4ccccc4)c3)c2)c2ccc3ccc4ccccc4c3c2)cc1. The highest BCUT2D eigenvalue weighted by Crippen LogP contribution is 2.40. The van der Waals surface area contributed by atoms with Crippen molar-refractivity contribution >= 4 is 60.4 Å². The lowest BCUT2D eigenvalue weighted by Crippen LogP contribution is -2.09. The number of hydrogen-bond acceptors (Lipinski definition) is 1. The van der Waals surface area contributed by atoms with Crippen molar-refractivity contribution in [1.29, 1.82) is 0 Å². The number of fused-ring (bicyclic) bond motifs is 6. The molecular weight excluding hydrogens is 629 g/mol. The van der Waals surface area contributed by atoms with Crippen molar-refractivity contribution in [3.8, 4) is 27.9 Å². The average molecular weight is 663 g/mol. The number of nitrogens with zero attached hydrogens (tertiary/aromatic N) is 2. The second kappa shape index (κ2) is 12.5. The number of aromatic nitrogens is 1. The molecule has 0 saturated heterocycles. The van der Waals surface area contributed by atoms with Gasteiger partial charge in [-0.1, -0.05) is 133 Å². The van der Waals surface area contributed by atoms with Gasteiger partial charge in [-0.2, -0.15) is 0 Å². The normalized spacial score (nSPS) is 11.5. The topological polar surface area (TPSA) is 8.17 Å². The van der Waals surface area contributed by atoms with Crippen LogP contribution < -0.4 is 4.90 Å². The van der Waals surface area contributed by atoms with Crippen LogP contribution >= 0.6 is 0 Å². The Balaban J connectivity index is 1.07. The predicted octanol–water partition coefficient (Wildman–Crippen LogP) is 13.9. The molecule has 2 heteroatoms. The van der Waals surface area contributed by atoms with Crippen molar-refractivity contribution in [2.75, 3.05) is 4.90 Å². The molecule has 0 unspecified atom stereocenters. The number of hydrogen-bond donors (Lipinski definition) is 0. The molecule has 9 aromatic carbocycles. The Hall–Kier alpha value is -6.90. The number of rotatable bonds is 6. The van der Waals surface area contributed by atoms with Gasteiger partial charge in [-0.15, -0.1) is 0 Å². The molecule has 1 aromatic heterocycles. The van der Waals surface area contributed by atoms with E-state index in [9.17, 15) is 0 Å². The molecule has 0 aliphatic heterocycles. The van der Waals surface area contributed by atoms with Gasteiger partial charge in [0.05, 0.1) is 11.0 Å². The Morgan fingerprint density at radius 2 is 0.846 bits per heavy atom. The Bertz CT molecular complexity index is 2900. The summed E-state index contributed by atoms with van der Waals surface area (Å²) in [6.07, 6.45) is 0. The number of anilines is 3. The zero-order valence-corrected chi connectivity index (χ0v) is 28.5. The molecule has 10 aromatic rings. The lowest BCUT2D eigenvalue weighted by Gasteiger charge is -2.26. The molecule has 10 rings (SSSR count). The molecule has 0 saturated carbocycles. The largest absolute Gasteiger partial charge is 0.310 e. The van der Waals surface area contributed by atoms with E-state index in [-0.39, 0.29) is 0 Å². The van der Waals surface area contributed by atoms with Crippen LogP contribution in [0.4, 0.5) is 17.1 Å². The highest BCUT2D eigenvalue weighted by molar-refractivity contribution is 6.11. The Kier molecular flexibility index (Phi) is 7.18. The summed E-state index contributed by atoms with van der Waals surface area (Å²) in [5.74, 6) is 0. The van der Waals surface area contributed by atoms with Crippen LogP contribution in [0.5, 0.6) is 0 Å². The smallest absolute Gasteiger partial charge is 0.0541 e. The molecule has 0 atom stereocenters. The fraction of sp³-hybridized carbons (Fsp3) is 0. The van der Waals surface area contributed by atoms with Crippen molar-refractivity contribution < 1.29 is 0 Å². The summed E-state index contributed by atoms with van der Waals surface area (Å²) in [5.41, 5.74) is 11.7. The van der Waals surface area contributed by atoms with Crippen LogP contribution in [0.15, 0.2) is 206 Å². The molecule has 0 radical (unpaired) electrons. The van der Waals surface area contributed by atoms with Gasteiger partial charge in [-0.25, -0.2) is 0 Å². The predicted molar refractivity (Wildman–Crippen MR) is 221 cm³/mol. The quantitative estimate of drug-likeness (QED) is 0.161. The van der Waals surface area contributed by atoms with E-state index in [1.54, 1.807) is 0 Å². The molecule has 0 aliphatic carbocycles. The maximum atomic E-state index is 2.37. The highest BCUT2D eigenvalue weighted by atomic mass is 15.1. The van der Waals surface area contributed by atoms with Crippen molar-refractivity contribution in [3.63, 3.8) is 0 Å². The molecular formula is C50H34N2. The summed E-state index contributed by atoms with van der Waals surface area (Å²) in [7, 11) is 0. The third-order valence-electron chi connectivity index (χ3n) is 10.3. The van der Waals surface area contributed by atoms with Crippen molar-refractivity contribution in [2.24, 2.45) is 0 Å². The Morgan fingerprint density at radius 3 is 1.65 bits per heavy atom. The highest BCUT2D eigenvalue weighted by Gasteiger charge is 2.16. The zero-order valence-electron chi connectivity index (χ0n) is 28.5. The van der Waals surface area contributed by atoms with Gasteiger partial charge in [-0.05, 0) is 117 Å². The van der Waals surface area contributed by atoms with Crippen LogP contribution in [0, 0.1) is 0 Å². The maximum absolute atomic E-state index is 2.37. The van der Waals surface area contributed by atoms with Crippen LogP contribution in [0.1, 0.15) is 0 Å². The molecule has 0 N–H and O–H groups in total. The first-order valence-corrected chi connectivity index (χ1v) is 17.8. The molecule has 0 fully saturated rings. The molecule has 1 heterocycles. The minimum absolute atomic E-state index is 1.11. The van der Waals surface area contributed by atoms with Crippen molar-refractivity contribution in [1.82, 2.24) is 4.57 Å². The van der Waals surface area contributed by atoms with E-state index in [0.29, 0.717) is 0 Å². The molecule has 244 valence electrons. The summed E-state index contributed by atoms with van der Waals surface area (Å²) in [6.45, 7) is 0.